The summed E-state index contributed by atoms with van der Waals surface area (Å²) in [5, 5.41) is 10.4. The zero-order valence-electron chi connectivity index (χ0n) is 15.2. The fourth-order valence-corrected chi connectivity index (χ4v) is 5.40. The Bertz CT molecular complexity index is 911. The maximum absolute atomic E-state index is 13.1. The molecule has 2 atom stereocenters. The molecule has 6 nitrogen and oxygen atoms in total. The van der Waals surface area contributed by atoms with Crippen LogP contribution in [-0.4, -0.2) is 56.6 Å². The number of halogens is 1. The lowest BCUT2D eigenvalue weighted by Crippen LogP contribution is -2.46. The van der Waals surface area contributed by atoms with E-state index in [1.165, 1.54) is 11.1 Å². The van der Waals surface area contributed by atoms with E-state index in [9.17, 15) is 23.1 Å². The van der Waals surface area contributed by atoms with E-state index in [1.807, 2.05) is 24.3 Å². The number of rotatable bonds is 3. The van der Waals surface area contributed by atoms with E-state index in [-0.39, 0.29) is 36.5 Å². The molecule has 1 amide bonds. The van der Waals surface area contributed by atoms with Crippen molar-refractivity contribution in [1.82, 2.24) is 9.21 Å². The molecular formula is C20H21FN2O4S. The van der Waals surface area contributed by atoms with Gasteiger partial charge in [-0.05, 0) is 48.2 Å². The molecule has 1 N–H and O–H groups in total. The summed E-state index contributed by atoms with van der Waals surface area (Å²) >= 11 is 0. The summed E-state index contributed by atoms with van der Waals surface area (Å²) in [5.41, 5.74) is 2.35. The van der Waals surface area contributed by atoms with Crippen LogP contribution in [0.1, 0.15) is 11.1 Å². The molecule has 1 aliphatic carbocycles. The van der Waals surface area contributed by atoms with Crippen molar-refractivity contribution >= 4 is 16.3 Å². The molecule has 1 fully saturated rings. The Kier molecular flexibility index (Phi) is 5.05. The Balaban J connectivity index is 1.54. The van der Waals surface area contributed by atoms with Crippen LogP contribution in [0.25, 0.3) is 0 Å². The number of benzene rings is 2. The highest BCUT2D eigenvalue weighted by atomic mass is 32.3. The van der Waals surface area contributed by atoms with Crippen molar-refractivity contribution in [3.63, 3.8) is 0 Å². The largest absolute Gasteiger partial charge is 0.593 e. The molecule has 148 valence electrons. The van der Waals surface area contributed by atoms with E-state index in [1.54, 1.807) is 4.90 Å². The quantitative estimate of drug-likeness (QED) is 0.784. The van der Waals surface area contributed by atoms with E-state index in [0.29, 0.717) is 12.8 Å². The number of fused-ring (bicyclic) bond motifs is 1. The summed E-state index contributed by atoms with van der Waals surface area (Å²) in [6.07, 6.45) is 0.393. The first-order valence-corrected chi connectivity index (χ1v) is 10.6. The summed E-state index contributed by atoms with van der Waals surface area (Å²) in [6, 6.07) is 12.3. The Morgan fingerprint density at radius 3 is 2.25 bits per heavy atom. The van der Waals surface area contributed by atoms with Crippen molar-refractivity contribution in [3.8, 4) is 0 Å². The maximum Gasteiger partial charge on any atom is 0.241 e. The normalized spacial score (nSPS) is 23.3. The minimum absolute atomic E-state index is 0.0898. The van der Waals surface area contributed by atoms with Crippen molar-refractivity contribution in [1.29, 1.82) is 0 Å². The van der Waals surface area contributed by atoms with Crippen molar-refractivity contribution in [3.05, 3.63) is 65.5 Å². The van der Waals surface area contributed by atoms with Crippen molar-refractivity contribution < 1.29 is 23.1 Å². The average molecular weight is 404 g/mol. The van der Waals surface area contributed by atoms with Gasteiger partial charge in [-0.2, -0.15) is 0 Å². The van der Waals surface area contributed by atoms with Crippen molar-refractivity contribution in [2.45, 2.75) is 29.9 Å². The third-order valence-electron chi connectivity index (χ3n) is 5.38. The Morgan fingerprint density at radius 2 is 1.64 bits per heavy atom. The molecule has 2 aromatic carbocycles. The summed E-state index contributed by atoms with van der Waals surface area (Å²) in [7, 11) is -4.01. The molecule has 0 spiro atoms. The third-order valence-corrected chi connectivity index (χ3v) is 7.20. The van der Waals surface area contributed by atoms with Gasteiger partial charge in [-0.15, -0.1) is 4.31 Å². The van der Waals surface area contributed by atoms with Gasteiger partial charge in [0.2, 0.25) is 5.91 Å². The van der Waals surface area contributed by atoms with Crippen LogP contribution in [0.15, 0.2) is 53.4 Å². The van der Waals surface area contributed by atoms with Crippen LogP contribution in [-0.2, 0) is 32.2 Å². The van der Waals surface area contributed by atoms with E-state index in [0.717, 1.165) is 28.6 Å². The van der Waals surface area contributed by atoms with Crippen LogP contribution in [0.3, 0.4) is 0 Å². The topological polar surface area (TPSA) is 83.9 Å². The maximum atomic E-state index is 13.1. The first-order chi connectivity index (χ1) is 13.3. The molecule has 8 heteroatoms. The SMILES string of the molecule is O=C1CN([S+](=O)([O-])c2ccc(F)cc2)CC(O)CN1C1Cc2ccccc2C1. The minimum Gasteiger partial charge on any atom is -0.593 e. The highest BCUT2D eigenvalue weighted by Gasteiger charge is 2.41. The van der Waals surface area contributed by atoms with E-state index in [4.69, 9.17) is 0 Å². The van der Waals surface area contributed by atoms with Gasteiger partial charge in [-0.25, -0.2) is 4.39 Å². The average Bonchev–Trinajstić information content (AvgIpc) is 3.02. The molecule has 2 aliphatic rings. The summed E-state index contributed by atoms with van der Waals surface area (Å²) in [4.78, 5) is 14.4. The van der Waals surface area contributed by atoms with Crippen molar-refractivity contribution in [2.75, 3.05) is 19.6 Å². The molecule has 2 unspecified atom stereocenters. The van der Waals surface area contributed by atoms with Crippen LogP contribution in [0.2, 0.25) is 0 Å². The first kappa shape index (κ1) is 19.2. The van der Waals surface area contributed by atoms with Gasteiger partial charge in [0.15, 0.2) is 15.3 Å². The van der Waals surface area contributed by atoms with Crippen LogP contribution in [0.5, 0.6) is 0 Å². The fourth-order valence-electron chi connectivity index (χ4n) is 3.98. The van der Waals surface area contributed by atoms with Crippen LogP contribution in [0, 0.1) is 5.82 Å². The van der Waals surface area contributed by atoms with Gasteiger partial charge in [0.1, 0.15) is 12.4 Å². The predicted molar refractivity (Wildman–Crippen MR) is 100 cm³/mol. The van der Waals surface area contributed by atoms with Gasteiger partial charge in [0.25, 0.3) is 0 Å². The number of hydrogen-bond donors (Lipinski definition) is 1. The molecule has 0 bridgehead atoms. The highest BCUT2D eigenvalue weighted by molar-refractivity contribution is 7.95. The number of β-amino-alcohol motifs (C(OH)–C–C–N with tert-alkyl or cyclic N) is 1. The zero-order valence-corrected chi connectivity index (χ0v) is 16.0. The Hall–Kier alpha value is -2.13. The van der Waals surface area contributed by atoms with Gasteiger partial charge in [-0.1, -0.05) is 28.5 Å². The molecule has 0 aromatic heterocycles. The molecule has 4 rings (SSSR count). The summed E-state index contributed by atoms with van der Waals surface area (Å²) < 4.78 is 39.9. The number of sulfonamides is 1. The summed E-state index contributed by atoms with van der Waals surface area (Å²) in [5.74, 6) is -0.877. The number of amides is 1. The second-order valence-electron chi connectivity index (χ2n) is 7.28. The smallest absolute Gasteiger partial charge is 0.241 e. The van der Waals surface area contributed by atoms with Crippen LogP contribution in [0.4, 0.5) is 4.39 Å². The van der Waals surface area contributed by atoms with Gasteiger partial charge < -0.3 is 14.6 Å². The van der Waals surface area contributed by atoms with Gasteiger partial charge in [0.05, 0.1) is 12.6 Å². The van der Waals surface area contributed by atoms with E-state index in [2.05, 4.69) is 0 Å². The van der Waals surface area contributed by atoms with E-state index < -0.39 is 22.3 Å². The Labute approximate surface area is 164 Å². The second kappa shape index (κ2) is 7.36. The van der Waals surface area contributed by atoms with E-state index >= 15 is 0 Å². The molecule has 0 radical (unpaired) electrons. The standard InChI is InChI=1S/C20H21FN2O4S/c21-16-5-7-19(8-6-16)28(26,27)22-11-18(24)12-23(20(25)13-22)17-9-14-3-1-2-4-15(14)10-17/h1-8,17-18,24H,9-13H2. The minimum atomic E-state index is -4.01. The number of carbonyl (C=O) groups excluding carboxylic acids is 1. The van der Waals surface area contributed by atoms with Gasteiger partial charge >= 0.3 is 0 Å². The predicted octanol–water partition coefficient (Wildman–Crippen LogP) is 1.40. The van der Waals surface area contributed by atoms with Crippen LogP contribution >= 0.6 is 0 Å². The lowest BCUT2D eigenvalue weighted by Gasteiger charge is -2.28. The number of carbonyl (C=O) groups is 1. The molecule has 1 heterocycles. The highest BCUT2D eigenvalue weighted by Crippen LogP contribution is 2.28. The number of aliphatic hydroxyl groups is 1. The zero-order chi connectivity index (χ0) is 19.9. The molecular weight excluding hydrogens is 383 g/mol. The molecule has 2 aromatic rings. The first-order valence-electron chi connectivity index (χ1n) is 9.14. The third kappa shape index (κ3) is 3.60. The number of nitrogens with zero attached hydrogens (tertiary/aromatic N) is 2. The van der Waals surface area contributed by atoms with Gasteiger partial charge in [0, 0.05) is 12.6 Å². The summed E-state index contributed by atoms with van der Waals surface area (Å²) in [6.45, 7) is -0.432. The number of aliphatic hydroxyl groups excluding tert-OH is 1. The van der Waals surface area contributed by atoms with Crippen LogP contribution < -0.4 is 0 Å². The molecule has 1 aliphatic heterocycles. The number of hydrogen-bond acceptors (Lipinski definition) is 4. The molecule has 28 heavy (non-hydrogen) atoms. The lowest BCUT2D eigenvalue weighted by molar-refractivity contribution is -0.133. The molecule has 0 saturated carbocycles. The Morgan fingerprint density at radius 1 is 1.04 bits per heavy atom. The monoisotopic (exact) mass is 404 g/mol. The van der Waals surface area contributed by atoms with Gasteiger partial charge in [-0.3, -0.25) is 4.79 Å². The second-order valence-corrected chi connectivity index (χ2v) is 9.22. The van der Waals surface area contributed by atoms with Crippen molar-refractivity contribution in [2.24, 2.45) is 0 Å². The lowest BCUT2D eigenvalue weighted by atomic mass is 10.1. The molecule has 1 saturated heterocycles. The fraction of sp³-hybridized carbons (Fsp3) is 0.350.